The number of aliphatic hydroxyl groups is 1. The Kier molecular flexibility index (Phi) is 3.45. The molecule has 1 rings (SSSR count). The molecule has 2 unspecified atom stereocenters. The summed E-state index contributed by atoms with van der Waals surface area (Å²) in [5, 5.41) is 10.5. The molecular weight excluding hydrogens is 182 g/mol. The van der Waals surface area contributed by atoms with E-state index in [9.17, 15) is 5.11 Å². The average Bonchev–Trinajstić information content (AvgIpc) is 2.30. The summed E-state index contributed by atoms with van der Waals surface area (Å²) >= 11 is 1.74. The highest BCUT2D eigenvalue weighted by atomic mass is 32.1. The Hall–Kier alpha value is -0.410. The average molecular weight is 199 g/mol. The van der Waals surface area contributed by atoms with Crippen LogP contribution < -0.4 is 0 Å². The van der Waals surface area contributed by atoms with Gasteiger partial charge < -0.3 is 5.11 Å². The zero-order valence-electron chi connectivity index (χ0n) is 8.66. The van der Waals surface area contributed by atoms with Crippen LogP contribution in [0.15, 0.2) is 0 Å². The number of thiazole rings is 1. The lowest BCUT2D eigenvalue weighted by molar-refractivity contribution is 0.135. The van der Waals surface area contributed by atoms with Gasteiger partial charge >= 0.3 is 0 Å². The smallest absolute Gasteiger partial charge is 0.0900 e. The topological polar surface area (TPSA) is 33.1 Å². The predicted octanol–water partition coefficient (Wildman–Crippen LogP) is 2.32. The molecule has 0 aliphatic carbocycles. The number of aromatic nitrogens is 1. The van der Waals surface area contributed by atoms with E-state index in [-0.39, 0.29) is 6.10 Å². The highest BCUT2D eigenvalue weighted by Crippen LogP contribution is 2.21. The number of nitrogens with zero attached hydrogens (tertiary/aromatic N) is 1. The van der Waals surface area contributed by atoms with Gasteiger partial charge in [0.25, 0.3) is 0 Å². The van der Waals surface area contributed by atoms with Crippen molar-refractivity contribution in [3.8, 4) is 0 Å². The monoisotopic (exact) mass is 199 g/mol. The van der Waals surface area contributed by atoms with Crippen LogP contribution in [0.2, 0.25) is 0 Å². The maximum Gasteiger partial charge on any atom is 0.0900 e. The second-order valence-corrected chi connectivity index (χ2v) is 4.95. The van der Waals surface area contributed by atoms with E-state index in [4.69, 9.17) is 0 Å². The third kappa shape index (κ3) is 2.78. The summed E-state index contributed by atoms with van der Waals surface area (Å²) < 4.78 is 0. The number of aliphatic hydroxyl groups excluding tert-OH is 1. The summed E-state index contributed by atoms with van der Waals surface area (Å²) in [5.74, 6) is 0.318. The van der Waals surface area contributed by atoms with Gasteiger partial charge in [0.05, 0.1) is 16.8 Å². The predicted molar refractivity (Wildman–Crippen MR) is 56.1 cm³/mol. The van der Waals surface area contributed by atoms with Crippen molar-refractivity contribution in [2.24, 2.45) is 5.92 Å². The summed E-state index contributed by atoms with van der Waals surface area (Å²) in [4.78, 5) is 5.67. The fourth-order valence-corrected chi connectivity index (χ4v) is 2.30. The molecule has 1 aromatic heterocycles. The van der Waals surface area contributed by atoms with Crippen LogP contribution in [0.4, 0.5) is 0 Å². The number of hydrogen-bond donors (Lipinski definition) is 1. The summed E-state index contributed by atoms with van der Waals surface area (Å²) in [6.07, 6.45) is 0.705. The molecule has 1 heterocycles. The van der Waals surface area contributed by atoms with Gasteiger partial charge in [-0.1, -0.05) is 6.92 Å². The molecule has 13 heavy (non-hydrogen) atoms. The summed E-state index contributed by atoms with van der Waals surface area (Å²) in [5.41, 5.74) is 1.12. The van der Waals surface area contributed by atoms with Crippen molar-refractivity contribution < 1.29 is 5.11 Å². The Labute approximate surface area is 83.6 Å². The lowest BCUT2D eigenvalue weighted by atomic mass is 10.0. The number of rotatable bonds is 3. The van der Waals surface area contributed by atoms with Crippen molar-refractivity contribution >= 4 is 11.3 Å². The number of aryl methyl sites for hydroxylation is 2. The SMILES string of the molecule is Cc1nc(C)c(CC(C)C(C)O)s1. The summed E-state index contributed by atoms with van der Waals surface area (Å²) in [6, 6.07) is 0. The molecule has 2 nitrogen and oxygen atoms in total. The van der Waals surface area contributed by atoms with Crippen LogP contribution in [-0.2, 0) is 6.42 Å². The maximum absolute atomic E-state index is 9.36. The Morgan fingerprint density at radius 1 is 1.38 bits per heavy atom. The first kappa shape index (κ1) is 10.7. The van der Waals surface area contributed by atoms with Gasteiger partial charge in [-0.2, -0.15) is 0 Å². The third-order valence-corrected chi connectivity index (χ3v) is 3.43. The fraction of sp³-hybridized carbons (Fsp3) is 0.700. The zero-order valence-corrected chi connectivity index (χ0v) is 9.48. The third-order valence-electron chi connectivity index (χ3n) is 2.33. The molecular formula is C10H17NOS. The molecule has 1 aromatic rings. The van der Waals surface area contributed by atoms with E-state index >= 15 is 0 Å². The normalized spacial score (nSPS) is 15.8. The molecule has 0 saturated heterocycles. The van der Waals surface area contributed by atoms with Gasteiger partial charge in [-0.3, -0.25) is 0 Å². The van der Waals surface area contributed by atoms with Crippen LogP contribution in [0.5, 0.6) is 0 Å². The molecule has 0 radical (unpaired) electrons. The van der Waals surface area contributed by atoms with Gasteiger partial charge in [-0.25, -0.2) is 4.98 Å². The molecule has 2 atom stereocenters. The van der Waals surface area contributed by atoms with Crippen molar-refractivity contribution in [2.75, 3.05) is 0 Å². The van der Waals surface area contributed by atoms with Crippen molar-refractivity contribution in [1.82, 2.24) is 4.98 Å². The molecule has 0 amide bonds. The van der Waals surface area contributed by atoms with E-state index in [1.165, 1.54) is 4.88 Å². The molecule has 0 bridgehead atoms. The molecule has 0 aromatic carbocycles. The first-order valence-electron chi connectivity index (χ1n) is 4.61. The summed E-state index contributed by atoms with van der Waals surface area (Å²) in [7, 11) is 0. The molecule has 0 aliphatic heterocycles. The van der Waals surface area contributed by atoms with Crippen molar-refractivity contribution in [3.05, 3.63) is 15.6 Å². The molecule has 3 heteroatoms. The lowest BCUT2D eigenvalue weighted by Gasteiger charge is -2.13. The van der Waals surface area contributed by atoms with Crippen LogP contribution in [0.25, 0.3) is 0 Å². The fourth-order valence-electron chi connectivity index (χ4n) is 1.23. The van der Waals surface area contributed by atoms with Gasteiger partial charge in [-0.15, -0.1) is 11.3 Å². The molecule has 1 N–H and O–H groups in total. The second-order valence-electron chi connectivity index (χ2n) is 3.66. The quantitative estimate of drug-likeness (QED) is 0.810. The Bertz CT molecular complexity index is 280. The van der Waals surface area contributed by atoms with Gasteiger partial charge in [0, 0.05) is 4.88 Å². The molecule has 74 valence electrons. The molecule has 0 spiro atoms. The highest BCUT2D eigenvalue weighted by molar-refractivity contribution is 7.11. The molecule has 0 fully saturated rings. The van der Waals surface area contributed by atoms with Crippen LogP contribution in [0.1, 0.15) is 29.4 Å². The zero-order chi connectivity index (χ0) is 10.0. The van der Waals surface area contributed by atoms with Crippen molar-refractivity contribution in [3.63, 3.8) is 0 Å². The van der Waals surface area contributed by atoms with E-state index in [1.807, 2.05) is 20.8 Å². The Balaban J connectivity index is 2.68. The minimum absolute atomic E-state index is 0.234. The van der Waals surface area contributed by atoms with Crippen LogP contribution in [-0.4, -0.2) is 16.2 Å². The van der Waals surface area contributed by atoms with E-state index < -0.39 is 0 Å². The van der Waals surface area contributed by atoms with Gasteiger partial charge in [-0.05, 0) is 33.1 Å². The standard InChI is InChI=1S/C10H17NOS/c1-6(8(3)12)5-10-7(2)11-9(4)13-10/h6,8,12H,5H2,1-4H3. The number of hydrogen-bond acceptors (Lipinski definition) is 3. The lowest BCUT2D eigenvalue weighted by Crippen LogP contribution is -2.15. The van der Waals surface area contributed by atoms with E-state index in [0.717, 1.165) is 17.1 Å². The van der Waals surface area contributed by atoms with E-state index in [1.54, 1.807) is 11.3 Å². The van der Waals surface area contributed by atoms with Crippen molar-refractivity contribution in [1.29, 1.82) is 0 Å². The first-order chi connectivity index (χ1) is 6.00. The van der Waals surface area contributed by atoms with Crippen LogP contribution >= 0.6 is 11.3 Å². The van der Waals surface area contributed by atoms with Gasteiger partial charge in [0.15, 0.2) is 0 Å². The minimum atomic E-state index is -0.234. The maximum atomic E-state index is 9.36. The van der Waals surface area contributed by atoms with Gasteiger partial charge in [0.2, 0.25) is 0 Å². The summed E-state index contributed by atoms with van der Waals surface area (Å²) in [6.45, 7) is 7.97. The van der Waals surface area contributed by atoms with Crippen LogP contribution in [0.3, 0.4) is 0 Å². The Morgan fingerprint density at radius 2 is 2.00 bits per heavy atom. The van der Waals surface area contributed by atoms with E-state index in [2.05, 4.69) is 11.9 Å². The highest BCUT2D eigenvalue weighted by Gasteiger charge is 2.13. The van der Waals surface area contributed by atoms with Crippen LogP contribution in [0, 0.1) is 19.8 Å². The second kappa shape index (κ2) is 4.20. The van der Waals surface area contributed by atoms with Gasteiger partial charge in [0.1, 0.15) is 0 Å². The largest absolute Gasteiger partial charge is 0.393 e. The molecule has 0 aliphatic rings. The van der Waals surface area contributed by atoms with Crippen molar-refractivity contribution in [2.45, 2.75) is 40.2 Å². The minimum Gasteiger partial charge on any atom is -0.393 e. The van der Waals surface area contributed by atoms with E-state index in [0.29, 0.717) is 5.92 Å². The first-order valence-corrected chi connectivity index (χ1v) is 5.43. The molecule has 0 saturated carbocycles. The Morgan fingerprint density at radius 3 is 2.38 bits per heavy atom.